The Morgan fingerprint density at radius 3 is 2.65 bits per heavy atom. The molecule has 1 N–H and O–H groups in total. The Hall–Kier alpha value is -3.04. The molecular formula is C24H29F3N4O3. The van der Waals surface area contributed by atoms with E-state index in [0.717, 1.165) is 18.3 Å². The summed E-state index contributed by atoms with van der Waals surface area (Å²) in [6, 6.07) is 7.69. The number of hydrogen-bond donors (Lipinski definition) is 1. The zero-order chi connectivity index (χ0) is 24.5. The van der Waals surface area contributed by atoms with Crippen LogP contribution in [0.25, 0.3) is 0 Å². The number of hydrogen-bond acceptors (Lipinski definition) is 6. The summed E-state index contributed by atoms with van der Waals surface area (Å²) in [5.41, 5.74) is 0.902. The maximum atomic E-state index is 14.7. The maximum Gasteiger partial charge on any atom is 0.278 e. The van der Waals surface area contributed by atoms with Gasteiger partial charge in [0.05, 0.1) is 12.5 Å². The SMILES string of the molecule is CC(C(=O)NC1CC1C)c1ccc(OC2CCN(c3ncnc(OCC(C)(F)F)c3F)C2)cc1. The average Bonchev–Trinajstić information content (AvgIpc) is 3.28. The lowest BCUT2D eigenvalue weighted by atomic mass is 10.0. The van der Waals surface area contributed by atoms with E-state index in [-0.39, 0.29) is 29.8 Å². The van der Waals surface area contributed by atoms with Crippen LogP contribution in [0.2, 0.25) is 0 Å². The smallest absolute Gasteiger partial charge is 0.278 e. The third-order valence-corrected chi connectivity index (χ3v) is 6.16. The lowest BCUT2D eigenvalue weighted by molar-refractivity contribution is -0.122. The van der Waals surface area contributed by atoms with Crippen molar-refractivity contribution in [2.45, 2.75) is 57.6 Å². The predicted molar refractivity (Wildman–Crippen MR) is 120 cm³/mol. The molecule has 2 heterocycles. The van der Waals surface area contributed by atoms with Crippen LogP contribution >= 0.6 is 0 Å². The topological polar surface area (TPSA) is 76.6 Å². The molecule has 0 bridgehead atoms. The molecule has 4 atom stereocenters. The van der Waals surface area contributed by atoms with E-state index in [1.807, 2.05) is 31.2 Å². The normalized spacial score (nSPS) is 22.9. The van der Waals surface area contributed by atoms with E-state index in [4.69, 9.17) is 9.47 Å². The minimum atomic E-state index is -3.10. The standard InChI is InChI=1S/C24H29F3N4O3/c1-14-10-19(14)30-22(32)15(2)16-4-6-17(7-5-16)34-18-8-9-31(11-18)21-20(25)23(29-13-28-21)33-12-24(3,26)27/h4-7,13-15,18-19H,8-12H2,1-3H3,(H,30,32). The molecule has 0 spiro atoms. The van der Waals surface area contributed by atoms with Crippen LogP contribution < -0.4 is 19.7 Å². The van der Waals surface area contributed by atoms with E-state index >= 15 is 0 Å². The van der Waals surface area contributed by atoms with Gasteiger partial charge < -0.3 is 19.7 Å². The van der Waals surface area contributed by atoms with E-state index in [2.05, 4.69) is 22.2 Å². The van der Waals surface area contributed by atoms with Crippen LogP contribution in [0.5, 0.6) is 11.6 Å². The number of anilines is 1. The van der Waals surface area contributed by atoms with Crippen molar-refractivity contribution in [2.24, 2.45) is 5.92 Å². The average molecular weight is 479 g/mol. The van der Waals surface area contributed by atoms with Crippen molar-refractivity contribution in [2.75, 3.05) is 24.6 Å². The van der Waals surface area contributed by atoms with Crippen molar-refractivity contribution in [3.05, 3.63) is 42.0 Å². The molecule has 1 aromatic carbocycles. The van der Waals surface area contributed by atoms with Crippen molar-refractivity contribution in [3.63, 3.8) is 0 Å². The molecule has 2 aromatic rings. The second-order valence-electron chi connectivity index (χ2n) is 9.27. The van der Waals surface area contributed by atoms with Gasteiger partial charge in [-0.3, -0.25) is 4.79 Å². The summed E-state index contributed by atoms with van der Waals surface area (Å²) in [5.74, 6) is -3.51. The molecule has 4 unspecified atom stereocenters. The summed E-state index contributed by atoms with van der Waals surface area (Å²) in [7, 11) is 0. The molecule has 2 aliphatic rings. The fourth-order valence-corrected chi connectivity index (χ4v) is 3.89. The summed E-state index contributed by atoms with van der Waals surface area (Å²) in [6.45, 7) is 4.57. The third-order valence-electron chi connectivity index (χ3n) is 6.16. The molecule has 4 rings (SSSR count). The van der Waals surface area contributed by atoms with Crippen molar-refractivity contribution >= 4 is 11.7 Å². The number of amides is 1. The van der Waals surface area contributed by atoms with E-state index in [1.165, 1.54) is 0 Å². The van der Waals surface area contributed by atoms with Gasteiger partial charge in [0.15, 0.2) is 12.4 Å². The highest BCUT2D eigenvalue weighted by atomic mass is 19.3. The molecule has 1 amide bonds. The first-order valence-corrected chi connectivity index (χ1v) is 11.4. The summed E-state index contributed by atoms with van der Waals surface area (Å²) in [5, 5.41) is 3.06. The first-order chi connectivity index (χ1) is 16.1. The van der Waals surface area contributed by atoms with Crippen molar-refractivity contribution in [3.8, 4) is 11.6 Å². The third kappa shape index (κ3) is 5.90. The Morgan fingerprint density at radius 1 is 1.29 bits per heavy atom. The highest BCUT2D eigenvalue weighted by Gasteiger charge is 2.35. The number of carbonyl (C=O) groups excluding carboxylic acids is 1. The van der Waals surface area contributed by atoms with Gasteiger partial charge in [0, 0.05) is 25.9 Å². The summed E-state index contributed by atoms with van der Waals surface area (Å²) in [6.07, 6.45) is 2.55. The van der Waals surface area contributed by atoms with Gasteiger partial charge in [-0.05, 0) is 37.0 Å². The van der Waals surface area contributed by atoms with Crippen LogP contribution in [-0.4, -0.2) is 53.6 Å². The minimum absolute atomic E-state index is 0.00399. The zero-order valence-electron chi connectivity index (χ0n) is 19.4. The van der Waals surface area contributed by atoms with Gasteiger partial charge in [0.1, 0.15) is 18.2 Å². The lowest BCUT2D eigenvalue weighted by Crippen LogP contribution is -2.30. The molecule has 1 saturated carbocycles. The number of ether oxygens (including phenoxy) is 2. The second kappa shape index (κ2) is 9.68. The Bertz CT molecular complexity index is 1020. The number of rotatable bonds is 9. The van der Waals surface area contributed by atoms with Gasteiger partial charge in [-0.25, -0.2) is 13.8 Å². The van der Waals surface area contributed by atoms with Crippen LogP contribution in [0.3, 0.4) is 0 Å². The fraction of sp³-hybridized carbons (Fsp3) is 0.542. The van der Waals surface area contributed by atoms with Gasteiger partial charge in [-0.15, -0.1) is 0 Å². The number of aromatic nitrogens is 2. The van der Waals surface area contributed by atoms with Crippen molar-refractivity contribution < 1.29 is 27.4 Å². The number of halogens is 3. The summed E-state index contributed by atoms with van der Waals surface area (Å²) >= 11 is 0. The van der Waals surface area contributed by atoms with E-state index in [9.17, 15) is 18.0 Å². The molecule has 1 saturated heterocycles. The number of carbonyl (C=O) groups is 1. The van der Waals surface area contributed by atoms with E-state index in [1.54, 1.807) is 4.90 Å². The second-order valence-corrected chi connectivity index (χ2v) is 9.27. The fourth-order valence-electron chi connectivity index (χ4n) is 3.89. The van der Waals surface area contributed by atoms with Crippen LogP contribution in [0.4, 0.5) is 19.0 Å². The summed E-state index contributed by atoms with van der Waals surface area (Å²) in [4.78, 5) is 21.7. The molecular weight excluding hydrogens is 449 g/mol. The maximum absolute atomic E-state index is 14.7. The van der Waals surface area contributed by atoms with Gasteiger partial charge >= 0.3 is 0 Å². The molecule has 2 fully saturated rings. The molecule has 1 aliphatic carbocycles. The molecule has 10 heteroatoms. The highest BCUT2D eigenvalue weighted by Crippen LogP contribution is 2.31. The Balaban J connectivity index is 1.32. The van der Waals surface area contributed by atoms with Gasteiger partial charge in [0.25, 0.3) is 11.8 Å². The zero-order valence-corrected chi connectivity index (χ0v) is 19.4. The minimum Gasteiger partial charge on any atom is -0.489 e. The summed E-state index contributed by atoms with van der Waals surface area (Å²) < 4.78 is 51.7. The Kier molecular flexibility index (Phi) is 6.86. The Labute approximate surface area is 196 Å². The molecule has 0 radical (unpaired) electrons. The number of nitrogens with zero attached hydrogens (tertiary/aromatic N) is 3. The predicted octanol–water partition coefficient (Wildman–Crippen LogP) is 3.94. The molecule has 34 heavy (non-hydrogen) atoms. The van der Waals surface area contributed by atoms with Crippen LogP contribution in [-0.2, 0) is 4.79 Å². The molecule has 7 nitrogen and oxygen atoms in total. The van der Waals surface area contributed by atoms with Crippen LogP contribution in [0, 0.1) is 11.7 Å². The van der Waals surface area contributed by atoms with Gasteiger partial charge in [-0.2, -0.15) is 9.37 Å². The van der Waals surface area contributed by atoms with Crippen molar-refractivity contribution in [1.29, 1.82) is 0 Å². The largest absolute Gasteiger partial charge is 0.489 e. The number of benzene rings is 1. The first-order valence-electron chi connectivity index (χ1n) is 11.4. The lowest BCUT2D eigenvalue weighted by Gasteiger charge is -2.20. The van der Waals surface area contributed by atoms with Gasteiger partial charge in [0.2, 0.25) is 11.7 Å². The molecule has 1 aromatic heterocycles. The quantitative estimate of drug-likeness (QED) is 0.589. The number of alkyl halides is 2. The van der Waals surface area contributed by atoms with E-state index in [0.29, 0.717) is 38.1 Å². The first kappa shape index (κ1) is 24.1. The van der Waals surface area contributed by atoms with Crippen LogP contribution in [0.1, 0.15) is 45.1 Å². The Morgan fingerprint density at radius 2 is 2.00 bits per heavy atom. The molecule has 184 valence electrons. The monoisotopic (exact) mass is 478 g/mol. The van der Waals surface area contributed by atoms with Crippen LogP contribution in [0.15, 0.2) is 30.6 Å². The number of nitrogens with one attached hydrogen (secondary N) is 1. The van der Waals surface area contributed by atoms with E-state index < -0.39 is 24.2 Å². The molecule has 1 aliphatic heterocycles. The highest BCUT2D eigenvalue weighted by molar-refractivity contribution is 5.83. The van der Waals surface area contributed by atoms with Gasteiger partial charge in [-0.1, -0.05) is 19.1 Å². The van der Waals surface area contributed by atoms with Crippen molar-refractivity contribution in [1.82, 2.24) is 15.3 Å².